The van der Waals surface area contributed by atoms with Crippen LogP contribution in [0.2, 0.25) is 0 Å². The van der Waals surface area contributed by atoms with Crippen LogP contribution < -0.4 is 5.32 Å². The number of allylic oxidation sites excluding steroid dienone is 3. The third-order valence-electron chi connectivity index (χ3n) is 7.94. The zero-order chi connectivity index (χ0) is 34.2. The number of carbonyl (C=O) groups is 1. The monoisotopic (exact) mass is 658 g/mol. The van der Waals surface area contributed by atoms with E-state index in [-0.39, 0.29) is 36.0 Å². The number of aryl methyl sites for hydroxylation is 1. The summed E-state index contributed by atoms with van der Waals surface area (Å²) in [6.07, 6.45) is 7.21. The van der Waals surface area contributed by atoms with Crippen LogP contribution in [0.15, 0.2) is 101 Å². The van der Waals surface area contributed by atoms with Crippen LogP contribution in [0.5, 0.6) is 0 Å². The lowest BCUT2D eigenvalue weighted by molar-refractivity contribution is -0.120. The fourth-order valence-corrected chi connectivity index (χ4v) is 5.61. The van der Waals surface area contributed by atoms with Gasteiger partial charge < -0.3 is 9.84 Å². The summed E-state index contributed by atoms with van der Waals surface area (Å²) >= 11 is 0. The molecule has 3 aromatic carbocycles. The predicted octanol–water partition coefficient (Wildman–Crippen LogP) is 8.56. The molecule has 7 nitrogen and oxygen atoms in total. The van der Waals surface area contributed by atoms with E-state index in [9.17, 15) is 17.6 Å². The maximum atomic E-state index is 14.3. The molecule has 4 rings (SSSR count). The number of amides is 1. The summed E-state index contributed by atoms with van der Waals surface area (Å²) in [7, 11) is -4.14. The number of rotatable bonds is 13. The van der Waals surface area contributed by atoms with Gasteiger partial charge in [-0.3, -0.25) is 9.35 Å². The summed E-state index contributed by atoms with van der Waals surface area (Å²) in [4.78, 5) is 12.2. The van der Waals surface area contributed by atoms with E-state index >= 15 is 0 Å². The second kappa shape index (κ2) is 15.5. The number of aromatic nitrogens is 1. The molecule has 0 aliphatic carbocycles. The molecular weight excluding hydrogens is 615 g/mol. The highest BCUT2D eigenvalue weighted by Crippen LogP contribution is 2.36. The number of nitrogens with one attached hydrogen (secondary N) is 1. The van der Waals surface area contributed by atoms with Crippen LogP contribution in [-0.2, 0) is 20.3 Å². The van der Waals surface area contributed by atoms with Gasteiger partial charge in [0.1, 0.15) is 5.82 Å². The lowest BCUT2D eigenvalue weighted by atomic mass is 9.83. The van der Waals surface area contributed by atoms with Crippen LogP contribution in [0.25, 0.3) is 22.5 Å². The molecule has 47 heavy (non-hydrogen) atoms. The molecule has 1 amide bonds. The number of benzene rings is 3. The molecule has 0 aliphatic heterocycles. The van der Waals surface area contributed by atoms with Crippen molar-refractivity contribution in [2.45, 2.75) is 65.2 Å². The van der Waals surface area contributed by atoms with Crippen molar-refractivity contribution in [3.63, 3.8) is 0 Å². The Bertz CT molecular complexity index is 1850. The van der Waals surface area contributed by atoms with E-state index in [0.29, 0.717) is 17.7 Å². The van der Waals surface area contributed by atoms with E-state index in [1.807, 2.05) is 49.4 Å². The Hall–Kier alpha value is -4.34. The quantitative estimate of drug-likeness (QED) is 0.110. The van der Waals surface area contributed by atoms with Gasteiger partial charge in [-0.1, -0.05) is 111 Å². The molecule has 0 fully saturated rings. The van der Waals surface area contributed by atoms with E-state index in [1.165, 1.54) is 11.6 Å². The Morgan fingerprint density at radius 3 is 2.38 bits per heavy atom. The summed E-state index contributed by atoms with van der Waals surface area (Å²) in [5.74, 6) is -0.677. The van der Waals surface area contributed by atoms with Crippen LogP contribution >= 0.6 is 0 Å². The van der Waals surface area contributed by atoms with Crippen LogP contribution in [0.3, 0.4) is 0 Å². The van der Waals surface area contributed by atoms with Gasteiger partial charge in [0, 0.05) is 30.5 Å². The molecule has 4 aromatic rings. The Balaban J connectivity index is 1.61. The Labute approximate surface area is 277 Å². The molecule has 9 heteroatoms. The Kier molecular flexibility index (Phi) is 11.7. The largest absolute Gasteiger partial charge is 0.356 e. The Morgan fingerprint density at radius 1 is 1.02 bits per heavy atom. The van der Waals surface area contributed by atoms with E-state index < -0.39 is 15.9 Å². The molecule has 2 N–H and O–H groups in total. The van der Waals surface area contributed by atoms with E-state index in [0.717, 1.165) is 39.9 Å². The molecule has 0 saturated heterocycles. The second-order valence-corrected chi connectivity index (χ2v) is 14.3. The first-order valence-electron chi connectivity index (χ1n) is 15.7. The zero-order valence-electron chi connectivity index (χ0n) is 27.6. The van der Waals surface area contributed by atoms with Crippen molar-refractivity contribution in [3.05, 3.63) is 125 Å². The summed E-state index contributed by atoms with van der Waals surface area (Å²) < 4.78 is 51.0. The lowest BCUT2D eigenvalue weighted by Gasteiger charge is -2.21. The maximum Gasteiger partial charge on any atom is 0.266 e. The molecule has 0 saturated carbocycles. The minimum absolute atomic E-state index is 0.00157. The van der Waals surface area contributed by atoms with Gasteiger partial charge in [0.2, 0.25) is 5.91 Å². The van der Waals surface area contributed by atoms with Gasteiger partial charge in [-0.25, -0.2) is 4.39 Å². The summed E-state index contributed by atoms with van der Waals surface area (Å²) in [6, 6.07) is 23.5. The number of carbonyl (C=O) groups excluding carboxylic acids is 1. The van der Waals surface area contributed by atoms with E-state index in [2.05, 4.69) is 61.6 Å². The predicted molar refractivity (Wildman–Crippen MR) is 185 cm³/mol. The first-order chi connectivity index (χ1) is 22.2. The van der Waals surface area contributed by atoms with Crippen molar-refractivity contribution in [1.82, 2.24) is 10.5 Å². The number of hydrogen-bond donors (Lipinski definition) is 2. The minimum atomic E-state index is -4.14. The van der Waals surface area contributed by atoms with Crippen molar-refractivity contribution in [3.8, 4) is 22.5 Å². The third-order valence-corrected chi connectivity index (χ3v) is 8.66. The standard InChI is InChI=1S/C38H43FN2O5S/c1-6-9-27(10-7-13-37(42)40-20-21-47(43,44)45)22-33(28-16-18-32(19-17-28)38(3,4)5)35-25-36(46-41-35)31-12-8-11-29(23-31)30-15-14-26(2)34(39)24-30/h7-12,14-19,23-25,33H,6,13,20-22H2,1-5H3,(H,40,42)(H,43,44,45)/b10-7-,27-9+. The second-order valence-electron chi connectivity index (χ2n) is 12.7. The highest BCUT2D eigenvalue weighted by atomic mass is 32.2. The molecular formula is C38H43FN2O5S. The third kappa shape index (κ3) is 10.3. The summed E-state index contributed by atoms with van der Waals surface area (Å²) in [6.45, 7) is 10.2. The topological polar surface area (TPSA) is 110 Å². The van der Waals surface area contributed by atoms with Gasteiger partial charge in [0.15, 0.2) is 5.76 Å². The highest BCUT2D eigenvalue weighted by molar-refractivity contribution is 7.85. The lowest BCUT2D eigenvalue weighted by Crippen LogP contribution is -2.28. The smallest absolute Gasteiger partial charge is 0.266 e. The van der Waals surface area contributed by atoms with Crippen molar-refractivity contribution >= 4 is 16.0 Å². The molecule has 0 bridgehead atoms. The molecule has 1 unspecified atom stereocenters. The van der Waals surface area contributed by atoms with Gasteiger partial charge in [0.05, 0.1) is 11.4 Å². The normalized spacial score (nSPS) is 13.2. The van der Waals surface area contributed by atoms with Crippen molar-refractivity contribution in [2.24, 2.45) is 0 Å². The molecule has 0 radical (unpaired) electrons. The fourth-order valence-electron chi connectivity index (χ4n) is 5.25. The van der Waals surface area contributed by atoms with Gasteiger partial charge in [0.25, 0.3) is 10.1 Å². The van der Waals surface area contributed by atoms with Crippen molar-refractivity contribution in [2.75, 3.05) is 12.3 Å². The Morgan fingerprint density at radius 2 is 1.72 bits per heavy atom. The first-order valence-corrected chi connectivity index (χ1v) is 17.4. The van der Waals surface area contributed by atoms with Crippen LogP contribution in [0.1, 0.15) is 75.3 Å². The molecule has 1 atom stereocenters. The SMILES string of the molecule is CC/C=C(\C=C/CC(=O)NCCS(=O)(=O)O)CC(c1ccc(C(C)(C)C)cc1)c1cc(-c2cccc(-c3ccc(C)c(F)c3)c2)on1. The summed E-state index contributed by atoms with van der Waals surface area (Å²) in [5, 5.41) is 7.03. The average Bonchev–Trinajstić information content (AvgIpc) is 3.50. The number of nitrogens with zero attached hydrogens (tertiary/aromatic N) is 1. The average molecular weight is 659 g/mol. The molecule has 1 heterocycles. The summed E-state index contributed by atoms with van der Waals surface area (Å²) in [5.41, 5.74) is 7.12. The highest BCUT2D eigenvalue weighted by Gasteiger charge is 2.22. The van der Waals surface area contributed by atoms with E-state index in [4.69, 9.17) is 9.08 Å². The van der Waals surface area contributed by atoms with Gasteiger partial charge >= 0.3 is 0 Å². The molecule has 248 valence electrons. The van der Waals surface area contributed by atoms with E-state index in [1.54, 1.807) is 19.1 Å². The molecule has 0 aliphatic rings. The van der Waals surface area contributed by atoms with Crippen LogP contribution in [0.4, 0.5) is 4.39 Å². The minimum Gasteiger partial charge on any atom is -0.356 e. The molecule has 1 aromatic heterocycles. The number of hydrogen-bond acceptors (Lipinski definition) is 5. The maximum absolute atomic E-state index is 14.3. The van der Waals surface area contributed by atoms with Gasteiger partial charge in [-0.2, -0.15) is 8.42 Å². The van der Waals surface area contributed by atoms with Crippen molar-refractivity contribution in [1.29, 1.82) is 0 Å². The fraction of sp³-hybridized carbons (Fsp3) is 0.316. The number of halogens is 1. The first kappa shape index (κ1) is 35.5. The molecule has 0 spiro atoms. The van der Waals surface area contributed by atoms with Gasteiger partial charge in [-0.05, 0) is 65.1 Å². The zero-order valence-corrected chi connectivity index (χ0v) is 28.4. The van der Waals surface area contributed by atoms with Crippen molar-refractivity contribution < 1.29 is 26.7 Å². The van der Waals surface area contributed by atoms with Crippen LogP contribution in [0, 0.1) is 12.7 Å². The van der Waals surface area contributed by atoms with Crippen LogP contribution in [-0.4, -0.2) is 36.3 Å². The van der Waals surface area contributed by atoms with Gasteiger partial charge in [-0.15, -0.1) is 0 Å².